The molecular formula is C17H33NOS2. The zero-order valence-corrected chi connectivity index (χ0v) is 15.2. The Morgan fingerprint density at radius 2 is 1.33 bits per heavy atom. The first-order valence-corrected chi connectivity index (χ1v) is 10.3. The number of aliphatic hydroxyl groups is 1. The predicted octanol–water partition coefficient (Wildman–Crippen LogP) is 4.99. The van der Waals surface area contributed by atoms with Gasteiger partial charge in [0.15, 0.2) is 0 Å². The molecule has 0 saturated carbocycles. The van der Waals surface area contributed by atoms with Gasteiger partial charge in [0.05, 0.1) is 0 Å². The lowest BCUT2D eigenvalue weighted by Gasteiger charge is -2.28. The Balaban J connectivity index is 1.80. The second kappa shape index (κ2) is 13.8. The molecule has 1 rings (SSSR count). The van der Waals surface area contributed by atoms with E-state index < -0.39 is 0 Å². The average molecular weight is 332 g/mol. The molecule has 1 fully saturated rings. The van der Waals surface area contributed by atoms with Gasteiger partial charge < -0.3 is 10.0 Å². The third-order valence-corrected chi connectivity index (χ3v) is 5.75. The summed E-state index contributed by atoms with van der Waals surface area (Å²) in [7, 11) is 0. The smallest absolute Gasteiger partial charge is 0.136 e. The van der Waals surface area contributed by atoms with E-state index in [-0.39, 0.29) is 0 Å². The Morgan fingerprint density at radius 1 is 0.810 bits per heavy atom. The maximum Gasteiger partial charge on any atom is 0.136 e. The summed E-state index contributed by atoms with van der Waals surface area (Å²) in [6.07, 6.45) is 15.6. The first-order valence-electron chi connectivity index (χ1n) is 8.87. The molecule has 4 heteroatoms. The van der Waals surface area contributed by atoms with E-state index in [2.05, 4.69) is 4.90 Å². The molecule has 1 heterocycles. The minimum atomic E-state index is 0.358. The number of thioether (sulfide) groups is 1. The predicted molar refractivity (Wildman–Crippen MR) is 99.1 cm³/mol. The Labute approximate surface area is 141 Å². The van der Waals surface area contributed by atoms with Gasteiger partial charge in [-0.2, -0.15) is 0 Å². The second-order valence-corrected chi connectivity index (χ2v) is 7.80. The fourth-order valence-electron chi connectivity index (χ4n) is 2.78. The molecule has 21 heavy (non-hydrogen) atoms. The summed E-state index contributed by atoms with van der Waals surface area (Å²) in [5.74, 6) is 1.20. The minimum absolute atomic E-state index is 0.358. The molecule has 0 spiro atoms. The molecule has 2 nitrogen and oxygen atoms in total. The Hall–Kier alpha value is 0.200. The van der Waals surface area contributed by atoms with Gasteiger partial charge in [0.2, 0.25) is 0 Å². The standard InChI is InChI=1S/C17H33NOS2/c19-15-11-6-4-2-1-3-5-7-12-16-21-17(20)18-13-9-8-10-14-18/h19H,1-16H2. The van der Waals surface area contributed by atoms with Gasteiger partial charge >= 0.3 is 0 Å². The van der Waals surface area contributed by atoms with Gasteiger partial charge in [0, 0.05) is 25.4 Å². The van der Waals surface area contributed by atoms with E-state index in [4.69, 9.17) is 17.3 Å². The molecular weight excluding hydrogens is 298 g/mol. The Morgan fingerprint density at radius 3 is 1.90 bits per heavy atom. The fourth-order valence-corrected chi connectivity index (χ4v) is 4.10. The van der Waals surface area contributed by atoms with Gasteiger partial charge in [-0.15, -0.1) is 0 Å². The molecule has 0 atom stereocenters. The molecule has 0 aliphatic carbocycles. The Kier molecular flexibility index (Phi) is 12.7. The number of likely N-dealkylation sites (tertiary alicyclic amines) is 1. The van der Waals surface area contributed by atoms with Crippen LogP contribution in [0.25, 0.3) is 0 Å². The van der Waals surface area contributed by atoms with Crippen LogP contribution in [0.3, 0.4) is 0 Å². The third kappa shape index (κ3) is 10.5. The third-order valence-electron chi connectivity index (χ3n) is 4.14. The largest absolute Gasteiger partial charge is 0.396 e. The number of thiocarbonyl (C=S) groups is 1. The van der Waals surface area contributed by atoms with E-state index in [1.807, 2.05) is 11.8 Å². The summed E-state index contributed by atoms with van der Waals surface area (Å²) in [4.78, 5) is 2.40. The van der Waals surface area contributed by atoms with Crippen LogP contribution in [0.1, 0.15) is 77.0 Å². The van der Waals surface area contributed by atoms with Crippen LogP contribution >= 0.6 is 24.0 Å². The lowest BCUT2D eigenvalue weighted by molar-refractivity contribution is 0.282. The molecule has 1 aliphatic rings. The Bertz CT molecular complexity index is 255. The zero-order valence-electron chi connectivity index (χ0n) is 13.5. The first-order chi connectivity index (χ1) is 10.3. The lowest BCUT2D eigenvalue weighted by atomic mass is 10.1. The maximum atomic E-state index is 8.70. The second-order valence-electron chi connectivity index (χ2n) is 6.07. The summed E-state index contributed by atoms with van der Waals surface area (Å²) in [6, 6.07) is 0. The van der Waals surface area contributed by atoms with E-state index in [1.165, 1.54) is 89.5 Å². The SMILES string of the molecule is OCCCCCCCCCCCSC(=S)N1CCCCC1. The number of unbranched alkanes of at least 4 members (excludes halogenated alkanes) is 8. The quantitative estimate of drug-likeness (QED) is 0.425. The van der Waals surface area contributed by atoms with Crippen molar-refractivity contribution in [1.29, 1.82) is 0 Å². The number of rotatable bonds is 11. The van der Waals surface area contributed by atoms with Crippen molar-refractivity contribution in [1.82, 2.24) is 4.90 Å². The van der Waals surface area contributed by atoms with Crippen LogP contribution in [0.4, 0.5) is 0 Å². The van der Waals surface area contributed by atoms with Crippen molar-refractivity contribution in [2.24, 2.45) is 0 Å². The van der Waals surface area contributed by atoms with Crippen molar-refractivity contribution < 1.29 is 5.11 Å². The van der Waals surface area contributed by atoms with Crippen LogP contribution in [0.15, 0.2) is 0 Å². The molecule has 1 aliphatic heterocycles. The van der Waals surface area contributed by atoms with Crippen molar-refractivity contribution >= 4 is 28.3 Å². The van der Waals surface area contributed by atoms with Gasteiger partial charge in [0.25, 0.3) is 0 Å². The molecule has 0 aromatic carbocycles. The van der Waals surface area contributed by atoms with Gasteiger partial charge in [-0.3, -0.25) is 0 Å². The number of hydrogen-bond acceptors (Lipinski definition) is 3. The maximum absolute atomic E-state index is 8.70. The van der Waals surface area contributed by atoms with Gasteiger partial charge in [-0.05, 0) is 32.1 Å². The highest BCUT2D eigenvalue weighted by Crippen LogP contribution is 2.18. The summed E-state index contributed by atoms with van der Waals surface area (Å²) >= 11 is 7.41. The summed E-state index contributed by atoms with van der Waals surface area (Å²) in [6.45, 7) is 2.72. The van der Waals surface area contributed by atoms with E-state index in [0.29, 0.717) is 6.61 Å². The summed E-state index contributed by atoms with van der Waals surface area (Å²) in [5.41, 5.74) is 0. The fraction of sp³-hybridized carbons (Fsp3) is 0.941. The number of aliphatic hydroxyl groups excluding tert-OH is 1. The van der Waals surface area contributed by atoms with Crippen LogP contribution < -0.4 is 0 Å². The molecule has 0 aromatic rings. The van der Waals surface area contributed by atoms with Gasteiger partial charge in [-0.25, -0.2) is 0 Å². The van der Waals surface area contributed by atoms with Crippen molar-refractivity contribution in [3.63, 3.8) is 0 Å². The van der Waals surface area contributed by atoms with Crippen molar-refractivity contribution in [2.75, 3.05) is 25.4 Å². The molecule has 0 unspecified atom stereocenters. The summed E-state index contributed by atoms with van der Waals surface area (Å²) in [5, 5.41) is 8.70. The van der Waals surface area contributed by atoms with Crippen molar-refractivity contribution in [3.05, 3.63) is 0 Å². The average Bonchev–Trinajstić information content (AvgIpc) is 2.53. The van der Waals surface area contributed by atoms with Crippen LogP contribution in [-0.4, -0.2) is 39.8 Å². The van der Waals surface area contributed by atoms with Crippen LogP contribution in [0, 0.1) is 0 Å². The zero-order chi connectivity index (χ0) is 15.2. The topological polar surface area (TPSA) is 23.5 Å². The van der Waals surface area contributed by atoms with E-state index >= 15 is 0 Å². The first kappa shape index (κ1) is 19.2. The molecule has 1 N–H and O–H groups in total. The van der Waals surface area contributed by atoms with E-state index in [9.17, 15) is 0 Å². The monoisotopic (exact) mass is 331 g/mol. The van der Waals surface area contributed by atoms with Crippen molar-refractivity contribution in [3.8, 4) is 0 Å². The van der Waals surface area contributed by atoms with E-state index in [0.717, 1.165) is 10.7 Å². The highest BCUT2D eigenvalue weighted by atomic mass is 32.2. The molecule has 0 radical (unpaired) electrons. The van der Waals surface area contributed by atoms with Gasteiger partial charge in [0.1, 0.15) is 4.32 Å². The number of hydrogen-bond donors (Lipinski definition) is 1. The van der Waals surface area contributed by atoms with Crippen LogP contribution in [0.5, 0.6) is 0 Å². The molecule has 0 aromatic heterocycles. The van der Waals surface area contributed by atoms with Crippen LogP contribution in [-0.2, 0) is 0 Å². The van der Waals surface area contributed by atoms with Gasteiger partial charge in [-0.1, -0.05) is 68.9 Å². The molecule has 124 valence electrons. The minimum Gasteiger partial charge on any atom is -0.396 e. The number of piperidine rings is 1. The highest BCUT2D eigenvalue weighted by molar-refractivity contribution is 8.22. The molecule has 0 bridgehead atoms. The summed E-state index contributed by atoms with van der Waals surface area (Å²) < 4.78 is 1.14. The molecule has 0 amide bonds. The van der Waals surface area contributed by atoms with E-state index in [1.54, 1.807) is 0 Å². The van der Waals surface area contributed by atoms with Crippen LogP contribution in [0.2, 0.25) is 0 Å². The molecule has 1 saturated heterocycles. The normalized spacial score (nSPS) is 15.4. The highest BCUT2D eigenvalue weighted by Gasteiger charge is 2.12. The van der Waals surface area contributed by atoms with Crippen molar-refractivity contribution in [2.45, 2.75) is 77.0 Å². The lowest BCUT2D eigenvalue weighted by Crippen LogP contribution is -2.32. The number of nitrogens with zero attached hydrogens (tertiary/aromatic N) is 1.